The van der Waals surface area contributed by atoms with E-state index in [0.717, 1.165) is 35.3 Å². The van der Waals surface area contributed by atoms with E-state index >= 15 is 0 Å². The van der Waals surface area contributed by atoms with E-state index in [1.165, 1.54) is 0 Å². The number of fused-ring (bicyclic) bond motifs is 1. The number of rotatable bonds is 1. The van der Waals surface area contributed by atoms with Crippen molar-refractivity contribution in [2.45, 2.75) is 18.9 Å². The van der Waals surface area contributed by atoms with E-state index in [-0.39, 0.29) is 6.10 Å². The van der Waals surface area contributed by atoms with Gasteiger partial charge in [0.05, 0.1) is 5.69 Å². The molecule has 1 fully saturated rings. The van der Waals surface area contributed by atoms with Crippen LogP contribution in [0, 0.1) is 0 Å². The van der Waals surface area contributed by atoms with Crippen molar-refractivity contribution < 1.29 is 4.74 Å². The Balaban J connectivity index is 2.05. The number of hydrogen-bond acceptors (Lipinski definition) is 2. The average Bonchev–Trinajstić information content (AvgIpc) is 2.84. The summed E-state index contributed by atoms with van der Waals surface area (Å²) in [6, 6.07) is 4.02. The monoisotopic (exact) mass is 266 g/mol. The highest BCUT2D eigenvalue weighted by Crippen LogP contribution is 2.28. The molecule has 78 valence electrons. The molecule has 1 atom stereocenters. The summed E-state index contributed by atoms with van der Waals surface area (Å²) < 4.78 is 8.70. The molecule has 0 amide bonds. The van der Waals surface area contributed by atoms with E-state index in [9.17, 15) is 0 Å². The second-order valence-electron chi connectivity index (χ2n) is 3.78. The Morgan fingerprint density at radius 2 is 2.47 bits per heavy atom. The van der Waals surface area contributed by atoms with Crippen LogP contribution in [0.2, 0.25) is 0 Å². The number of imidazole rings is 1. The quantitative estimate of drug-likeness (QED) is 0.794. The lowest BCUT2D eigenvalue weighted by molar-refractivity contribution is 0.109. The maximum atomic E-state index is 5.61. The molecule has 3 heterocycles. The largest absolute Gasteiger partial charge is 0.372 e. The van der Waals surface area contributed by atoms with Gasteiger partial charge in [-0.15, -0.1) is 0 Å². The first-order chi connectivity index (χ1) is 7.33. The molecule has 15 heavy (non-hydrogen) atoms. The fourth-order valence-corrected chi connectivity index (χ4v) is 2.27. The Hall–Kier alpha value is -0.870. The molecule has 0 bridgehead atoms. The van der Waals surface area contributed by atoms with Crippen LogP contribution in [-0.2, 0) is 4.74 Å². The van der Waals surface area contributed by atoms with Gasteiger partial charge in [-0.3, -0.25) is 0 Å². The summed E-state index contributed by atoms with van der Waals surface area (Å²) in [7, 11) is 0. The third-order valence-corrected chi connectivity index (χ3v) is 3.19. The summed E-state index contributed by atoms with van der Waals surface area (Å²) in [5.41, 5.74) is 2.01. The zero-order chi connectivity index (χ0) is 10.3. The van der Waals surface area contributed by atoms with Crippen LogP contribution in [0.15, 0.2) is 29.0 Å². The van der Waals surface area contributed by atoms with Crippen molar-refractivity contribution in [1.82, 2.24) is 9.38 Å². The van der Waals surface area contributed by atoms with E-state index in [4.69, 9.17) is 4.74 Å². The number of hydrogen-bond donors (Lipinski definition) is 0. The van der Waals surface area contributed by atoms with Gasteiger partial charge in [-0.05, 0) is 25.0 Å². The summed E-state index contributed by atoms with van der Waals surface area (Å²) in [4.78, 5) is 4.56. The molecule has 3 rings (SSSR count). The molecule has 0 N–H and O–H groups in total. The first-order valence-electron chi connectivity index (χ1n) is 5.09. The molecule has 0 aliphatic carbocycles. The maximum Gasteiger partial charge on any atom is 0.138 e. The number of halogens is 1. The first-order valence-corrected chi connectivity index (χ1v) is 5.88. The maximum absolute atomic E-state index is 5.61. The normalized spacial score (nSPS) is 21.3. The highest BCUT2D eigenvalue weighted by atomic mass is 79.9. The van der Waals surface area contributed by atoms with Gasteiger partial charge in [0.1, 0.15) is 11.8 Å². The standard InChI is InChI=1S/C11H11BrN2O/c12-8-3-4-14-7-9(13-11(14)6-8)10-2-1-5-15-10/h3-4,6-7,10H,1-2,5H2. The zero-order valence-corrected chi connectivity index (χ0v) is 9.77. The Bertz CT molecular complexity index is 488. The Morgan fingerprint density at radius 3 is 3.27 bits per heavy atom. The molecule has 1 aliphatic rings. The Labute approximate surface area is 96.2 Å². The van der Waals surface area contributed by atoms with Crippen molar-refractivity contribution in [3.05, 3.63) is 34.7 Å². The lowest BCUT2D eigenvalue weighted by Crippen LogP contribution is -1.94. The fraction of sp³-hybridized carbons (Fsp3) is 0.364. The van der Waals surface area contributed by atoms with Crippen molar-refractivity contribution in [1.29, 1.82) is 0 Å². The molecule has 1 saturated heterocycles. The molecule has 2 aromatic rings. The summed E-state index contributed by atoms with van der Waals surface area (Å²) in [5.74, 6) is 0. The first kappa shape index (κ1) is 9.36. The third kappa shape index (κ3) is 1.68. The smallest absolute Gasteiger partial charge is 0.138 e. The van der Waals surface area contributed by atoms with Gasteiger partial charge in [-0.25, -0.2) is 4.98 Å². The summed E-state index contributed by atoms with van der Waals surface area (Å²) in [6.45, 7) is 0.863. The minimum absolute atomic E-state index is 0.198. The van der Waals surface area contributed by atoms with Crippen molar-refractivity contribution in [3.63, 3.8) is 0 Å². The predicted octanol–water partition coefficient (Wildman–Crippen LogP) is 2.95. The molecule has 0 spiro atoms. The zero-order valence-electron chi connectivity index (χ0n) is 8.19. The molecule has 0 radical (unpaired) electrons. The molecule has 1 unspecified atom stereocenters. The topological polar surface area (TPSA) is 26.5 Å². The Kier molecular flexibility index (Phi) is 2.25. The van der Waals surface area contributed by atoms with Gasteiger partial charge in [0, 0.05) is 23.5 Å². The van der Waals surface area contributed by atoms with Crippen molar-refractivity contribution in [2.75, 3.05) is 6.61 Å². The second kappa shape index (κ2) is 3.61. The highest BCUT2D eigenvalue weighted by molar-refractivity contribution is 9.10. The van der Waals surface area contributed by atoms with Gasteiger partial charge in [0.15, 0.2) is 0 Å². The average molecular weight is 267 g/mol. The lowest BCUT2D eigenvalue weighted by atomic mass is 10.2. The van der Waals surface area contributed by atoms with E-state index < -0.39 is 0 Å². The fourth-order valence-electron chi connectivity index (χ4n) is 1.94. The van der Waals surface area contributed by atoms with E-state index in [2.05, 4.69) is 27.1 Å². The molecular formula is C11H11BrN2O. The lowest BCUT2D eigenvalue weighted by Gasteiger charge is -2.03. The van der Waals surface area contributed by atoms with Gasteiger partial charge in [0.2, 0.25) is 0 Å². The van der Waals surface area contributed by atoms with Gasteiger partial charge in [0.25, 0.3) is 0 Å². The summed E-state index contributed by atoms with van der Waals surface area (Å²) in [5, 5.41) is 0. The van der Waals surface area contributed by atoms with Gasteiger partial charge >= 0.3 is 0 Å². The number of ether oxygens (including phenoxy) is 1. The van der Waals surface area contributed by atoms with Gasteiger partial charge in [-0.2, -0.15) is 0 Å². The molecular weight excluding hydrogens is 256 g/mol. The van der Waals surface area contributed by atoms with Crippen molar-refractivity contribution >= 4 is 21.6 Å². The van der Waals surface area contributed by atoms with Gasteiger partial charge < -0.3 is 9.14 Å². The van der Waals surface area contributed by atoms with Crippen LogP contribution >= 0.6 is 15.9 Å². The molecule has 1 aliphatic heterocycles. The highest BCUT2D eigenvalue weighted by Gasteiger charge is 2.20. The number of pyridine rings is 1. The van der Waals surface area contributed by atoms with Crippen LogP contribution < -0.4 is 0 Å². The van der Waals surface area contributed by atoms with Gasteiger partial charge in [-0.1, -0.05) is 15.9 Å². The van der Waals surface area contributed by atoms with Crippen LogP contribution in [0.1, 0.15) is 24.6 Å². The number of aromatic nitrogens is 2. The molecule has 3 nitrogen and oxygen atoms in total. The third-order valence-electron chi connectivity index (χ3n) is 2.70. The number of nitrogens with zero attached hydrogens (tertiary/aromatic N) is 2. The summed E-state index contributed by atoms with van der Waals surface area (Å²) >= 11 is 3.44. The van der Waals surface area contributed by atoms with E-state index in [1.807, 2.05) is 22.7 Å². The van der Waals surface area contributed by atoms with Crippen LogP contribution in [0.25, 0.3) is 5.65 Å². The molecule has 0 saturated carbocycles. The van der Waals surface area contributed by atoms with Crippen molar-refractivity contribution in [2.24, 2.45) is 0 Å². The predicted molar refractivity (Wildman–Crippen MR) is 60.8 cm³/mol. The van der Waals surface area contributed by atoms with Crippen molar-refractivity contribution in [3.8, 4) is 0 Å². The molecule has 2 aromatic heterocycles. The SMILES string of the molecule is Brc1ccn2cc(C3CCCO3)nc2c1. The molecule has 4 heteroatoms. The van der Waals surface area contributed by atoms with Crippen LogP contribution in [-0.4, -0.2) is 16.0 Å². The van der Waals surface area contributed by atoms with Crippen LogP contribution in [0.3, 0.4) is 0 Å². The van der Waals surface area contributed by atoms with E-state index in [0.29, 0.717) is 0 Å². The van der Waals surface area contributed by atoms with Crippen LogP contribution in [0.5, 0.6) is 0 Å². The summed E-state index contributed by atoms with van der Waals surface area (Å²) in [6.07, 6.45) is 6.49. The van der Waals surface area contributed by atoms with Crippen LogP contribution in [0.4, 0.5) is 0 Å². The Morgan fingerprint density at radius 1 is 1.53 bits per heavy atom. The molecule has 0 aromatic carbocycles. The minimum Gasteiger partial charge on any atom is -0.372 e. The second-order valence-corrected chi connectivity index (χ2v) is 4.69. The minimum atomic E-state index is 0.198. The van der Waals surface area contributed by atoms with E-state index in [1.54, 1.807) is 0 Å².